The van der Waals surface area contributed by atoms with Crippen LogP contribution in [-0.2, 0) is 21.1 Å². The Morgan fingerprint density at radius 1 is 1.08 bits per heavy atom. The third kappa shape index (κ3) is 3.66. The van der Waals surface area contributed by atoms with Crippen molar-refractivity contribution in [1.29, 1.82) is 0 Å². The van der Waals surface area contributed by atoms with Crippen molar-refractivity contribution in [1.82, 2.24) is 0 Å². The molecule has 0 atom stereocenters. The molecule has 0 unspecified atom stereocenters. The highest BCUT2D eigenvalue weighted by Gasteiger charge is 2.11. The van der Waals surface area contributed by atoms with Gasteiger partial charge in [0, 0.05) is 10.4 Å². The molecule has 24 heavy (non-hydrogen) atoms. The van der Waals surface area contributed by atoms with Crippen LogP contribution in [0.4, 0.5) is 5.69 Å². The smallest absolute Gasteiger partial charge is 0.228 e. The molecular weight excluding hydrogens is 342 g/mol. The molecule has 1 amide bonds. The topological polar surface area (TPSA) is 63.2 Å². The van der Waals surface area contributed by atoms with Crippen LogP contribution in [-0.4, -0.2) is 20.1 Å². The van der Waals surface area contributed by atoms with E-state index < -0.39 is 9.84 Å². The summed E-state index contributed by atoms with van der Waals surface area (Å²) < 4.78 is 24.7. The Bertz CT molecular complexity index is 973. The zero-order valence-corrected chi connectivity index (χ0v) is 14.8. The molecule has 0 saturated heterocycles. The molecule has 3 aromatic rings. The number of sulfone groups is 1. The van der Waals surface area contributed by atoms with Gasteiger partial charge in [-0.05, 0) is 52.7 Å². The third-order valence-electron chi connectivity index (χ3n) is 3.76. The number of benzene rings is 2. The van der Waals surface area contributed by atoms with E-state index >= 15 is 0 Å². The van der Waals surface area contributed by atoms with Gasteiger partial charge in [-0.1, -0.05) is 19.1 Å². The number of fused-ring (bicyclic) bond motifs is 1. The van der Waals surface area contributed by atoms with Crippen LogP contribution >= 0.6 is 11.3 Å². The molecule has 0 fully saturated rings. The number of thiophene rings is 1. The lowest BCUT2D eigenvalue weighted by molar-refractivity contribution is -0.115. The van der Waals surface area contributed by atoms with E-state index in [0.29, 0.717) is 0 Å². The second-order valence-corrected chi connectivity index (χ2v) is 8.67. The molecule has 2 aromatic carbocycles. The molecule has 0 radical (unpaired) electrons. The van der Waals surface area contributed by atoms with Crippen molar-refractivity contribution in [2.45, 2.75) is 18.2 Å². The quantitative estimate of drug-likeness (QED) is 0.752. The zero-order chi connectivity index (χ0) is 17.2. The molecule has 4 nitrogen and oxygen atoms in total. The predicted molar refractivity (Wildman–Crippen MR) is 98.3 cm³/mol. The van der Waals surface area contributed by atoms with Gasteiger partial charge in [-0.2, -0.15) is 0 Å². The second kappa shape index (κ2) is 6.75. The lowest BCUT2D eigenvalue weighted by Crippen LogP contribution is -2.14. The van der Waals surface area contributed by atoms with Crippen molar-refractivity contribution in [3.05, 3.63) is 59.5 Å². The monoisotopic (exact) mass is 359 g/mol. The molecule has 0 aliphatic carbocycles. The molecule has 0 aliphatic rings. The van der Waals surface area contributed by atoms with E-state index in [1.165, 1.54) is 4.70 Å². The minimum absolute atomic E-state index is 0.0674. The Kier molecular flexibility index (Phi) is 4.69. The standard InChI is InChI=1S/C18H17NO3S2/c1-2-24(21,22)16-6-3-13(4-7-16)11-18(20)19-15-5-8-17-14(12-15)9-10-23-17/h3-10,12H,2,11H2,1H3,(H,19,20). The summed E-state index contributed by atoms with van der Waals surface area (Å²) in [6.45, 7) is 1.61. The first-order valence-electron chi connectivity index (χ1n) is 7.57. The summed E-state index contributed by atoms with van der Waals surface area (Å²) in [5.74, 6) is -0.0616. The molecule has 1 aromatic heterocycles. The van der Waals surface area contributed by atoms with Crippen molar-refractivity contribution in [2.24, 2.45) is 0 Å². The van der Waals surface area contributed by atoms with Crippen LogP contribution < -0.4 is 5.32 Å². The fraction of sp³-hybridized carbons (Fsp3) is 0.167. The summed E-state index contributed by atoms with van der Waals surface area (Å²) in [7, 11) is -3.21. The number of nitrogens with one attached hydrogen (secondary N) is 1. The minimum Gasteiger partial charge on any atom is -0.326 e. The van der Waals surface area contributed by atoms with Gasteiger partial charge in [-0.15, -0.1) is 11.3 Å². The lowest BCUT2D eigenvalue weighted by atomic mass is 10.1. The van der Waals surface area contributed by atoms with Gasteiger partial charge in [-0.25, -0.2) is 8.42 Å². The number of hydrogen-bond acceptors (Lipinski definition) is 4. The first-order valence-corrected chi connectivity index (χ1v) is 10.1. The first kappa shape index (κ1) is 16.7. The average molecular weight is 359 g/mol. The van der Waals surface area contributed by atoms with E-state index in [1.807, 2.05) is 29.6 Å². The van der Waals surface area contributed by atoms with Gasteiger partial charge in [0.2, 0.25) is 5.91 Å². The number of rotatable bonds is 5. The molecular formula is C18H17NO3S2. The van der Waals surface area contributed by atoms with Gasteiger partial charge in [0.15, 0.2) is 9.84 Å². The Morgan fingerprint density at radius 3 is 2.54 bits per heavy atom. The maximum Gasteiger partial charge on any atom is 0.228 e. The summed E-state index contributed by atoms with van der Waals surface area (Å²) in [5.41, 5.74) is 1.54. The first-order chi connectivity index (χ1) is 11.5. The Labute approximate surface area is 145 Å². The summed E-state index contributed by atoms with van der Waals surface area (Å²) in [6.07, 6.45) is 0.203. The molecule has 1 N–H and O–H groups in total. The number of hydrogen-bond donors (Lipinski definition) is 1. The Hall–Kier alpha value is -2.18. The highest BCUT2D eigenvalue weighted by molar-refractivity contribution is 7.91. The highest BCUT2D eigenvalue weighted by Crippen LogP contribution is 2.24. The molecule has 0 spiro atoms. The van der Waals surface area contributed by atoms with E-state index in [2.05, 4.69) is 5.32 Å². The van der Waals surface area contributed by atoms with Gasteiger partial charge in [0.25, 0.3) is 0 Å². The molecule has 6 heteroatoms. The largest absolute Gasteiger partial charge is 0.326 e. The maximum absolute atomic E-state index is 12.2. The fourth-order valence-electron chi connectivity index (χ4n) is 2.42. The van der Waals surface area contributed by atoms with Crippen LogP contribution in [0.3, 0.4) is 0 Å². The number of amides is 1. The molecule has 0 saturated carbocycles. The van der Waals surface area contributed by atoms with Crippen LogP contribution in [0.2, 0.25) is 0 Å². The summed E-state index contributed by atoms with van der Waals surface area (Å²) in [4.78, 5) is 12.5. The van der Waals surface area contributed by atoms with E-state index in [-0.39, 0.29) is 23.0 Å². The van der Waals surface area contributed by atoms with Crippen LogP contribution in [0.5, 0.6) is 0 Å². The summed E-state index contributed by atoms with van der Waals surface area (Å²) in [5, 5.41) is 6.00. The lowest BCUT2D eigenvalue weighted by Gasteiger charge is -2.07. The fourth-order valence-corrected chi connectivity index (χ4v) is 4.07. The number of carbonyl (C=O) groups excluding carboxylic acids is 1. The van der Waals surface area contributed by atoms with Crippen LogP contribution in [0.15, 0.2) is 58.8 Å². The van der Waals surface area contributed by atoms with E-state index in [1.54, 1.807) is 42.5 Å². The molecule has 124 valence electrons. The van der Waals surface area contributed by atoms with Crippen molar-refractivity contribution in [2.75, 3.05) is 11.1 Å². The van der Waals surface area contributed by atoms with E-state index in [9.17, 15) is 13.2 Å². The van der Waals surface area contributed by atoms with E-state index in [0.717, 1.165) is 16.6 Å². The van der Waals surface area contributed by atoms with Crippen LogP contribution in [0.25, 0.3) is 10.1 Å². The second-order valence-electron chi connectivity index (χ2n) is 5.45. The summed E-state index contributed by atoms with van der Waals surface area (Å²) >= 11 is 1.66. The van der Waals surface area contributed by atoms with Gasteiger partial charge in [0.1, 0.15) is 0 Å². The van der Waals surface area contributed by atoms with Crippen molar-refractivity contribution in [3.8, 4) is 0 Å². The van der Waals surface area contributed by atoms with Gasteiger partial charge in [0.05, 0.1) is 17.1 Å². The molecule has 0 bridgehead atoms. The Balaban J connectivity index is 1.68. The van der Waals surface area contributed by atoms with Gasteiger partial charge >= 0.3 is 0 Å². The molecule has 3 rings (SSSR count). The maximum atomic E-state index is 12.2. The van der Waals surface area contributed by atoms with Gasteiger partial charge in [-0.3, -0.25) is 4.79 Å². The predicted octanol–water partition coefficient (Wildman–Crippen LogP) is 3.88. The zero-order valence-electron chi connectivity index (χ0n) is 13.2. The number of carbonyl (C=O) groups is 1. The third-order valence-corrected chi connectivity index (χ3v) is 6.41. The molecule has 0 aliphatic heterocycles. The average Bonchev–Trinajstić information content (AvgIpc) is 3.03. The van der Waals surface area contributed by atoms with Crippen LogP contribution in [0.1, 0.15) is 12.5 Å². The van der Waals surface area contributed by atoms with E-state index in [4.69, 9.17) is 0 Å². The van der Waals surface area contributed by atoms with Gasteiger partial charge < -0.3 is 5.32 Å². The van der Waals surface area contributed by atoms with Crippen molar-refractivity contribution in [3.63, 3.8) is 0 Å². The SMILES string of the molecule is CCS(=O)(=O)c1ccc(CC(=O)Nc2ccc3sccc3c2)cc1. The Morgan fingerprint density at radius 2 is 1.83 bits per heavy atom. The normalized spacial score (nSPS) is 11.5. The minimum atomic E-state index is -3.21. The van der Waals surface area contributed by atoms with Crippen LogP contribution in [0, 0.1) is 0 Å². The van der Waals surface area contributed by atoms with Crippen molar-refractivity contribution >= 4 is 42.9 Å². The summed E-state index contributed by atoms with van der Waals surface area (Å²) in [6, 6.07) is 14.3. The highest BCUT2D eigenvalue weighted by atomic mass is 32.2. The van der Waals surface area contributed by atoms with Crippen molar-refractivity contribution < 1.29 is 13.2 Å². The number of anilines is 1. The molecule has 1 heterocycles.